The van der Waals surface area contributed by atoms with Crippen LogP contribution in [0.15, 0.2) is 48.9 Å². The van der Waals surface area contributed by atoms with Gasteiger partial charge in [-0.25, -0.2) is 9.78 Å². The Morgan fingerprint density at radius 2 is 2.17 bits per heavy atom. The molecule has 0 bridgehead atoms. The summed E-state index contributed by atoms with van der Waals surface area (Å²) in [5.74, 6) is -0.406. The van der Waals surface area contributed by atoms with Gasteiger partial charge in [0, 0.05) is 17.8 Å². The molecular formula is C16H11ClN4O2. The maximum absolute atomic E-state index is 12.1. The Kier molecular flexibility index (Phi) is 3.24. The molecule has 0 aliphatic rings. The van der Waals surface area contributed by atoms with E-state index in [1.165, 1.54) is 0 Å². The SMILES string of the molecule is O=C(OCc1cn2cc(Cl)ccc2n1)c1ccc2cn[nH]c2c1. The van der Waals surface area contributed by atoms with Gasteiger partial charge >= 0.3 is 5.97 Å². The molecular weight excluding hydrogens is 316 g/mol. The summed E-state index contributed by atoms with van der Waals surface area (Å²) >= 11 is 5.93. The molecule has 0 unspecified atom stereocenters. The van der Waals surface area contributed by atoms with Crippen LogP contribution in [0.5, 0.6) is 0 Å². The van der Waals surface area contributed by atoms with E-state index in [1.54, 1.807) is 47.3 Å². The van der Waals surface area contributed by atoms with Crippen molar-refractivity contribution < 1.29 is 9.53 Å². The molecule has 114 valence electrons. The smallest absolute Gasteiger partial charge is 0.338 e. The van der Waals surface area contributed by atoms with Crippen LogP contribution >= 0.6 is 11.6 Å². The Hall–Kier alpha value is -2.86. The quantitative estimate of drug-likeness (QED) is 0.587. The lowest BCUT2D eigenvalue weighted by Gasteiger charge is -2.02. The van der Waals surface area contributed by atoms with Crippen LogP contribution < -0.4 is 0 Å². The second kappa shape index (κ2) is 5.40. The first kappa shape index (κ1) is 13.8. The topological polar surface area (TPSA) is 72.3 Å². The summed E-state index contributed by atoms with van der Waals surface area (Å²) in [5.41, 5.74) is 2.66. The molecule has 0 amide bonds. The van der Waals surface area contributed by atoms with Crippen molar-refractivity contribution in [3.63, 3.8) is 0 Å². The van der Waals surface area contributed by atoms with Crippen LogP contribution in [0.2, 0.25) is 5.02 Å². The molecule has 0 atom stereocenters. The van der Waals surface area contributed by atoms with Gasteiger partial charge in [-0.2, -0.15) is 5.10 Å². The van der Waals surface area contributed by atoms with Crippen LogP contribution in [-0.2, 0) is 11.3 Å². The lowest BCUT2D eigenvalue weighted by Crippen LogP contribution is -2.05. The van der Waals surface area contributed by atoms with Crippen molar-refractivity contribution in [3.05, 3.63) is 65.2 Å². The Labute approximate surface area is 135 Å². The number of hydrogen-bond donors (Lipinski definition) is 1. The zero-order valence-electron chi connectivity index (χ0n) is 11.9. The molecule has 0 fully saturated rings. The van der Waals surface area contributed by atoms with Crippen molar-refractivity contribution >= 4 is 34.1 Å². The van der Waals surface area contributed by atoms with Crippen molar-refractivity contribution in [2.24, 2.45) is 0 Å². The third-order valence-corrected chi connectivity index (χ3v) is 3.72. The highest BCUT2D eigenvalue weighted by atomic mass is 35.5. The Bertz CT molecular complexity index is 1020. The number of rotatable bonds is 3. The number of aromatic nitrogens is 4. The van der Waals surface area contributed by atoms with Crippen LogP contribution in [0.3, 0.4) is 0 Å². The molecule has 1 N–H and O–H groups in total. The molecule has 7 heteroatoms. The van der Waals surface area contributed by atoms with E-state index in [0.717, 1.165) is 16.6 Å². The molecule has 3 aromatic heterocycles. The zero-order valence-corrected chi connectivity index (χ0v) is 12.6. The Morgan fingerprint density at radius 3 is 3.09 bits per heavy atom. The molecule has 0 saturated heterocycles. The summed E-state index contributed by atoms with van der Waals surface area (Å²) in [6.45, 7) is 0.0964. The third kappa shape index (κ3) is 2.64. The van der Waals surface area contributed by atoms with E-state index in [-0.39, 0.29) is 6.61 Å². The number of carbonyl (C=O) groups excluding carboxylic acids is 1. The van der Waals surface area contributed by atoms with Gasteiger partial charge in [0.15, 0.2) is 0 Å². The minimum absolute atomic E-state index is 0.0964. The average molecular weight is 327 g/mol. The normalized spacial score (nSPS) is 11.2. The van der Waals surface area contributed by atoms with Gasteiger partial charge in [0.05, 0.1) is 28.0 Å². The number of benzene rings is 1. The van der Waals surface area contributed by atoms with E-state index < -0.39 is 5.97 Å². The van der Waals surface area contributed by atoms with Crippen LogP contribution in [0.4, 0.5) is 0 Å². The van der Waals surface area contributed by atoms with E-state index in [9.17, 15) is 4.79 Å². The fraction of sp³-hybridized carbons (Fsp3) is 0.0625. The number of imidazole rings is 1. The highest BCUT2D eigenvalue weighted by molar-refractivity contribution is 6.30. The fourth-order valence-corrected chi connectivity index (χ4v) is 2.54. The molecule has 0 aliphatic heterocycles. The van der Waals surface area contributed by atoms with Crippen molar-refractivity contribution in [1.29, 1.82) is 0 Å². The predicted molar refractivity (Wildman–Crippen MR) is 85.4 cm³/mol. The highest BCUT2D eigenvalue weighted by Crippen LogP contribution is 2.15. The number of nitrogens with one attached hydrogen (secondary N) is 1. The molecule has 4 rings (SSSR count). The molecule has 3 heterocycles. The summed E-state index contributed by atoms with van der Waals surface area (Å²) in [6, 6.07) is 8.82. The number of nitrogens with zero attached hydrogens (tertiary/aromatic N) is 3. The maximum atomic E-state index is 12.1. The third-order valence-electron chi connectivity index (χ3n) is 3.49. The minimum Gasteiger partial charge on any atom is -0.456 e. The highest BCUT2D eigenvalue weighted by Gasteiger charge is 2.10. The summed E-state index contributed by atoms with van der Waals surface area (Å²) in [7, 11) is 0. The van der Waals surface area contributed by atoms with E-state index in [1.807, 2.05) is 6.07 Å². The van der Waals surface area contributed by atoms with E-state index in [2.05, 4.69) is 15.2 Å². The standard InChI is InChI=1S/C16H11ClN4O2/c17-12-3-4-15-19-13(8-21(15)7-12)9-23-16(22)10-1-2-11-6-18-20-14(11)5-10/h1-8H,9H2,(H,18,20). The molecule has 0 aliphatic carbocycles. The summed E-state index contributed by atoms with van der Waals surface area (Å²) in [5, 5.41) is 8.31. The maximum Gasteiger partial charge on any atom is 0.338 e. The van der Waals surface area contributed by atoms with Gasteiger partial charge in [-0.1, -0.05) is 17.7 Å². The molecule has 23 heavy (non-hydrogen) atoms. The molecule has 0 spiro atoms. The largest absolute Gasteiger partial charge is 0.456 e. The predicted octanol–water partition coefficient (Wildman–Crippen LogP) is 3.22. The number of esters is 1. The van der Waals surface area contributed by atoms with E-state index >= 15 is 0 Å². The van der Waals surface area contributed by atoms with E-state index in [4.69, 9.17) is 16.3 Å². The van der Waals surface area contributed by atoms with Crippen LogP contribution in [0.1, 0.15) is 16.1 Å². The van der Waals surface area contributed by atoms with Crippen LogP contribution in [0, 0.1) is 0 Å². The first-order chi connectivity index (χ1) is 11.2. The van der Waals surface area contributed by atoms with Gasteiger partial charge < -0.3 is 9.14 Å². The number of aromatic amines is 1. The van der Waals surface area contributed by atoms with Gasteiger partial charge in [0.2, 0.25) is 0 Å². The number of hydrogen-bond acceptors (Lipinski definition) is 4. The second-order valence-electron chi connectivity index (χ2n) is 5.09. The molecule has 6 nitrogen and oxygen atoms in total. The minimum atomic E-state index is -0.406. The monoisotopic (exact) mass is 326 g/mol. The van der Waals surface area contributed by atoms with E-state index in [0.29, 0.717) is 16.3 Å². The molecule has 1 aromatic carbocycles. The van der Waals surface area contributed by atoms with Gasteiger partial charge in [-0.05, 0) is 24.3 Å². The van der Waals surface area contributed by atoms with Crippen molar-refractivity contribution in [3.8, 4) is 0 Å². The first-order valence-corrected chi connectivity index (χ1v) is 7.30. The van der Waals surface area contributed by atoms with Gasteiger partial charge in [0.1, 0.15) is 12.3 Å². The van der Waals surface area contributed by atoms with Crippen LogP contribution in [-0.4, -0.2) is 25.6 Å². The first-order valence-electron chi connectivity index (χ1n) is 6.92. The molecule has 0 saturated carbocycles. The molecule has 0 radical (unpaired) electrons. The lowest BCUT2D eigenvalue weighted by atomic mass is 10.2. The second-order valence-corrected chi connectivity index (χ2v) is 5.53. The van der Waals surface area contributed by atoms with Gasteiger partial charge in [-0.15, -0.1) is 0 Å². The number of H-pyrrole nitrogens is 1. The van der Waals surface area contributed by atoms with Crippen molar-refractivity contribution in [1.82, 2.24) is 19.6 Å². The zero-order chi connectivity index (χ0) is 15.8. The number of pyridine rings is 1. The average Bonchev–Trinajstić information content (AvgIpc) is 3.17. The summed E-state index contributed by atoms with van der Waals surface area (Å²) in [4.78, 5) is 16.5. The lowest BCUT2D eigenvalue weighted by molar-refractivity contribution is 0.0468. The van der Waals surface area contributed by atoms with Crippen molar-refractivity contribution in [2.45, 2.75) is 6.61 Å². The van der Waals surface area contributed by atoms with Crippen molar-refractivity contribution in [2.75, 3.05) is 0 Å². The number of fused-ring (bicyclic) bond motifs is 2. The molecule has 4 aromatic rings. The van der Waals surface area contributed by atoms with Crippen LogP contribution in [0.25, 0.3) is 16.6 Å². The Morgan fingerprint density at radius 1 is 1.26 bits per heavy atom. The Balaban J connectivity index is 1.51. The summed E-state index contributed by atoms with van der Waals surface area (Å²) in [6.07, 6.45) is 5.24. The number of ether oxygens (including phenoxy) is 1. The summed E-state index contributed by atoms with van der Waals surface area (Å²) < 4.78 is 7.11. The fourth-order valence-electron chi connectivity index (χ4n) is 2.37. The van der Waals surface area contributed by atoms with Gasteiger partial charge in [-0.3, -0.25) is 5.10 Å². The van der Waals surface area contributed by atoms with Gasteiger partial charge in [0.25, 0.3) is 0 Å². The number of carbonyl (C=O) groups is 1. The number of halogens is 1.